The fourth-order valence-electron chi connectivity index (χ4n) is 1.56. The largest absolute Gasteiger partial charge is 0.376 e. The zero-order valence-corrected chi connectivity index (χ0v) is 15.0. The molecule has 21 heavy (non-hydrogen) atoms. The van der Waals surface area contributed by atoms with Crippen molar-refractivity contribution in [1.29, 1.82) is 0 Å². The predicted octanol–water partition coefficient (Wildman–Crippen LogP) is 5.30. The average Bonchev–Trinajstić information content (AvgIpc) is 2.44. The van der Waals surface area contributed by atoms with E-state index in [1.807, 2.05) is 24.3 Å². The SMILES string of the molecule is O=C(CNc1ccc(I)cc1)Nc1cc(Cl)c(Cl)cc1Cl. The first-order chi connectivity index (χ1) is 9.95. The van der Waals surface area contributed by atoms with Gasteiger partial charge >= 0.3 is 0 Å². The highest BCUT2D eigenvalue weighted by Crippen LogP contribution is 2.32. The molecule has 0 aliphatic carbocycles. The molecule has 0 saturated heterocycles. The number of carbonyl (C=O) groups is 1. The molecule has 0 aromatic heterocycles. The van der Waals surface area contributed by atoms with Gasteiger partial charge in [0.05, 0.1) is 27.3 Å². The van der Waals surface area contributed by atoms with E-state index in [2.05, 4.69) is 33.2 Å². The zero-order chi connectivity index (χ0) is 15.4. The minimum absolute atomic E-state index is 0.122. The van der Waals surface area contributed by atoms with E-state index >= 15 is 0 Å². The lowest BCUT2D eigenvalue weighted by Gasteiger charge is -2.10. The number of hydrogen-bond acceptors (Lipinski definition) is 2. The van der Waals surface area contributed by atoms with Crippen molar-refractivity contribution in [2.24, 2.45) is 0 Å². The van der Waals surface area contributed by atoms with Crippen molar-refractivity contribution in [2.45, 2.75) is 0 Å². The summed E-state index contributed by atoms with van der Waals surface area (Å²) < 4.78 is 1.13. The lowest BCUT2D eigenvalue weighted by atomic mass is 10.3. The van der Waals surface area contributed by atoms with Crippen LogP contribution in [0.25, 0.3) is 0 Å². The maximum Gasteiger partial charge on any atom is 0.243 e. The van der Waals surface area contributed by atoms with Gasteiger partial charge in [0, 0.05) is 9.26 Å². The first-order valence-corrected chi connectivity index (χ1v) is 8.11. The first kappa shape index (κ1) is 16.7. The molecule has 2 aromatic rings. The highest BCUT2D eigenvalue weighted by atomic mass is 127. The Labute approximate surface area is 151 Å². The molecule has 110 valence electrons. The minimum Gasteiger partial charge on any atom is -0.376 e. The van der Waals surface area contributed by atoms with Gasteiger partial charge in [-0.15, -0.1) is 0 Å². The number of benzene rings is 2. The van der Waals surface area contributed by atoms with Crippen LogP contribution in [0.2, 0.25) is 15.1 Å². The monoisotopic (exact) mass is 454 g/mol. The highest BCUT2D eigenvalue weighted by Gasteiger charge is 2.09. The number of anilines is 2. The van der Waals surface area contributed by atoms with Gasteiger partial charge < -0.3 is 10.6 Å². The maximum atomic E-state index is 11.9. The van der Waals surface area contributed by atoms with Crippen LogP contribution in [-0.4, -0.2) is 12.5 Å². The van der Waals surface area contributed by atoms with Crippen LogP contribution in [0.5, 0.6) is 0 Å². The van der Waals surface area contributed by atoms with Crippen LogP contribution in [-0.2, 0) is 4.79 Å². The second-order valence-corrected chi connectivity index (χ2v) is 6.62. The van der Waals surface area contributed by atoms with Gasteiger partial charge in [0.1, 0.15) is 0 Å². The Hall–Kier alpha value is -0.690. The van der Waals surface area contributed by atoms with Crippen molar-refractivity contribution in [3.63, 3.8) is 0 Å². The van der Waals surface area contributed by atoms with E-state index in [0.29, 0.717) is 20.8 Å². The summed E-state index contributed by atoms with van der Waals surface area (Å²) in [5.41, 5.74) is 1.30. The lowest BCUT2D eigenvalue weighted by Crippen LogP contribution is -2.21. The van der Waals surface area contributed by atoms with E-state index in [9.17, 15) is 4.79 Å². The molecule has 0 fully saturated rings. The Morgan fingerprint density at radius 1 is 1.00 bits per heavy atom. The molecule has 0 bridgehead atoms. The van der Waals surface area contributed by atoms with E-state index in [0.717, 1.165) is 9.26 Å². The minimum atomic E-state index is -0.228. The van der Waals surface area contributed by atoms with Crippen molar-refractivity contribution in [1.82, 2.24) is 0 Å². The molecule has 0 heterocycles. The third-order valence-electron chi connectivity index (χ3n) is 2.58. The van der Waals surface area contributed by atoms with Crippen LogP contribution >= 0.6 is 57.4 Å². The Kier molecular flexibility index (Phi) is 5.98. The standard InChI is InChI=1S/C14H10Cl3IN2O/c15-10-5-12(17)13(6-11(10)16)20-14(21)7-19-9-3-1-8(18)2-4-9/h1-6,19H,7H2,(H,20,21). The van der Waals surface area contributed by atoms with Gasteiger partial charge in [-0.05, 0) is 59.0 Å². The highest BCUT2D eigenvalue weighted by molar-refractivity contribution is 14.1. The van der Waals surface area contributed by atoms with Gasteiger partial charge in [0.15, 0.2) is 0 Å². The summed E-state index contributed by atoms with van der Waals surface area (Å²) in [6.07, 6.45) is 0. The van der Waals surface area contributed by atoms with Gasteiger partial charge in [0.2, 0.25) is 5.91 Å². The smallest absolute Gasteiger partial charge is 0.243 e. The zero-order valence-electron chi connectivity index (χ0n) is 10.6. The Morgan fingerprint density at radius 2 is 1.62 bits per heavy atom. The van der Waals surface area contributed by atoms with Gasteiger partial charge in [-0.1, -0.05) is 34.8 Å². The van der Waals surface area contributed by atoms with Crippen LogP contribution in [0.15, 0.2) is 36.4 Å². The van der Waals surface area contributed by atoms with E-state index in [1.54, 1.807) is 0 Å². The lowest BCUT2D eigenvalue weighted by molar-refractivity contribution is -0.114. The van der Waals surface area contributed by atoms with E-state index in [4.69, 9.17) is 34.8 Å². The summed E-state index contributed by atoms with van der Waals surface area (Å²) in [6, 6.07) is 10.7. The van der Waals surface area contributed by atoms with Gasteiger partial charge in [-0.3, -0.25) is 4.79 Å². The van der Waals surface area contributed by atoms with Crippen molar-refractivity contribution in [2.75, 3.05) is 17.2 Å². The molecular formula is C14H10Cl3IN2O. The van der Waals surface area contributed by atoms with Crippen molar-refractivity contribution >= 4 is 74.7 Å². The molecule has 2 rings (SSSR count). The molecule has 7 heteroatoms. The predicted molar refractivity (Wildman–Crippen MR) is 97.8 cm³/mol. The van der Waals surface area contributed by atoms with Crippen LogP contribution in [0.1, 0.15) is 0 Å². The molecule has 1 amide bonds. The summed E-state index contributed by atoms with van der Waals surface area (Å²) >= 11 is 20.0. The number of hydrogen-bond donors (Lipinski definition) is 2. The van der Waals surface area contributed by atoms with E-state index < -0.39 is 0 Å². The van der Waals surface area contributed by atoms with Crippen molar-refractivity contribution < 1.29 is 4.79 Å². The van der Waals surface area contributed by atoms with E-state index in [1.165, 1.54) is 12.1 Å². The van der Waals surface area contributed by atoms with Gasteiger partial charge in [-0.25, -0.2) is 0 Å². The van der Waals surface area contributed by atoms with Gasteiger partial charge in [0.25, 0.3) is 0 Å². The first-order valence-electron chi connectivity index (χ1n) is 5.89. The summed E-state index contributed by atoms with van der Waals surface area (Å²) in [6.45, 7) is 0.122. The van der Waals surface area contributed by atoms with Crippen LogP contribution < -0.4 is 10.6 Å². The summed E-state index contributed by atoms with van der Waals surface area (Å²) in [5, 5.41) is 6.72. The van der Waals surface area contributed by atoms with Crippen LogP contribution in [0, 0.1) is 3.57 Å². The van der Waals surface area contributed by atoms with Gasteiger partial charge in [-0.2, -0.15) is 0 Å². The molecule has 0 saturated carbocycles. The van der Waals surface area contributed by atoms with Crippen molar-refractivity contribution in [3.8, 4) is 0 Å². The molecule has 0 radical (unpaired) electrons. The molecule has 0 unspecified atom stereocenters. The third-order valence-corrected chi connectivity index (χ3v) is 4.34. The second kappa shape index (κ2) is 7.54. The van der Waals surface area contributed by atoms with Crippen LogP contribution in [0.3, 0.4) is 0 Å². The molecule has 0 spiro atoms. The van der Waals surface area contributed by atoms with E-state index in [-0.39, 0.29) is 12.5 Å². The quantitative estimate of drug-likeness (QED) is 0.485. The molecule has 2 N–H and O–H groups in total. The molecule has 2 aromatic carbocycles. The molecule has 3 nitrogen and oxygen atoms in total. The normalized spacial score (nSPS) is 10.3. The average molecular weight is 456 g/mol. The fourth-order valence-corrected chi connectivity index (χ4v) is 2.52. The summed E-state index contributed by atoms with van der Waals surface area (Å²) in [4.78, 5) is 11.9. The molecule has 0 atom stereocenters. The molecular weight excluding hydrogens is 445 g/mol. The number of nitrogens with one attached hydrogen (secondary N) is 2. The fraction of sp³-hybridized carbons (Fsp3) is 0.0714. The molecule has 0 aliphatic heterocycles. The topological polar surface area (TPSA) is 41.1 Å². The number of amides is 1. The Morgan fingerprint density at radius 3 is 2.29 bits per heavy atom. The van der Waals surface area contributed by atoms with Crippen LogP contribution in [0.4, 0.5) is 11.4 Å². The number of rotatable bonds is 4. The Bertz CT molecular complexity index is 662. The summed E-state index contributed by atoms with van der Waals surface area (Å²) in [5.74, 6) is -0.228. The maximum absolute atomic E-state index is 11.9. The molecule has 0 aliphatic rings. The third kappa shape index (κ3) is 4.92. The van der Waals surface area contributed by atoms with Crippen molar-refractivity contribution in [3.05, 3.63) is 55.0 Å². The number of halogens is 4. The number of carbonyl (C=O) groups excluding carboxylic acids is 1. The Balaban J connectivity index is 1.96. The summed E-state index contributed by atoms with van der Waals surface area (Å²) in [7, 11) is 0. The second-order valence-electron chi connectivity index (χ2n) is 4.15.